The van der Waals surface area contributed by atoms with Gasteiger partial charge in [-0.2, -0.15) is 0 Å². The Morgan fingerprint density at radius 1 is 0.260 bits per heavy atom. The first-order valence-corrected chi connectivity index (χ1v) is 17.2. The van der Waals surface area contributed by atoms with Crippen LogP contribution in [0.4, 0.5) is 0 Å². The third-order valence-corrected chi connectivity index (χ3v) is 10.1. The molecule has 2 aromatic heterocycles. The maximum absolute atomic E-state index is 2.44. The second-order valence-corrected chi connectivity index (χ2v) is 13.0. The largest absolute Gasteiger partial charge is 0.309 e. The third-order valence-electron chi connectivity index (χ3n) is 10.1. The van der Waals surface area contributed by atoms with Gasteiger partial charge in [0.25, 0.3) is 0 Å². The normalized spacial score (nSPS) is 11.6. The Morgan fingerprint density at radius 2 is 0.680 bits per heavy atom. The highest BCUT2D eigenvalue weighted by Crippen LogP contribution is 2.42. The summed E-state index contributed by atoms with van der Waals surface area (Å²) >= 11 is 0. The molecule has 2 heterocycles. The SMILES string of the molecule is c1ccc(-c2ccc3c(c2)c2cc(-c4cccc5c6cc(-c7ccccc7)ccc6n(-c6ccccc6)c45)ccc2n3-c2ccccc2)cc1. The summed E-state index contributed by atoms with van der Waals surface area (Å²) in [7, 11) is 0. The summed E-state index contributed by atoms with van der Waals surface area (Å²) < 4.78 is 4.84. The van der Waals surface area contributed by atoms with E-state index in [9.17, 15) is 0 Å². The molecule has 0 aliphatic carbocycles. The minimum absolute atomic E-state index is 1.15. The van der Waals surface area contributed by atoms with Crippen LogP contribution < -0.4 is 0 Å². The van der Waals surface area contributed by atoms with E-state index in [1.165, 1.54) is 77.0 Å². The van der Waals surface area contributed by atoms with Crippen molar-refractivity contribution in [2.24, 2.45) is 0 Å². The summed E-state index contributed by atoms with van der Waals surface area (Å²) in [6.07, 6.45) is 0. The van der Waals surface area contributed by atoms with Crippen LogP contribution in [0.5, 0.6) is 0 Å². The van der Waals surface area contributed by atoms with Crippen LogP contribution in [0.1, 0.15) is 0 Å². The van der Waals surface area contributed by atoms with Crippen molar-refractivity contribution in [1.29, 1.82) is 0 Å². The van der Waals surface area contributed by atoms with E-state index in [2.05, 4.69) is 203 Å². The molecule has 0 saturated carbocycles. The van der Waals surface area contributed by atoms with E-state index in [0.29, 0.717) is 0 Å². The highest BCUT2D eigenvalue weighted by Gasteiger charge is 2.19. The van der Waals surface area contributed by atoms with Gasteiger partial charge in [-0.25, -0.2) is 0 Å². The average Bonchev–Trinajstić information content (AvgIpc) is 3.71. The molecule has 0 atom stereocenters. The molecule has 2 nitrogen and oxygen atoms in total. The Bertz CT molecular complexity index is 2830. The third kappa shape index (κ3) is 4.50. The molecule has 234 valence electrons. The van der Waals surface area contributed by atoms with E-state index >= 15 is 0 Å². The quantitative estimate of drug-likeness (QED) is 0.178. The van der Waals surface area contributed by atoms with Crippen LogP contribution in [0.25, 0.3) is 88.4 Å². The summed E-state index contributed by atoms with van der Waals surface area (Å²) in [5, 5.41) is 4.99. The minimum Gasteiger partial charge on any atom is -0.309 e. The fraction of sp³-hybridized carbons (Fsp3) is 0. The Kier molecular flexibility index (Phi) is 6.53. The lowest BCUT2D eigenvalue weighted by Crippen LogP contribution is -1.95. The van der Waals surface area contributed by atoms with E-state index in [-0.39, 0.29) is 0 Å². The van der Waals surface area contributed by atoms with Gasteiger partial charge in [-0.1, -0.05) is 133 Å². The van der Waals surface area contributed by atoms with Gasteiger partial charge in [0, 0.05) is 38.5 Å². The van der Waals surface area contributed by atoms with Gasteiger partial charge in [0.2, 0.25) is 0 Å². The lowest BCUT2D eigenvalue weighted by atomic mass is 9.98. The Balaban J connectivity index is 1.26. The van der Waals surface area contributed by atoms with Crippen molar-refractivity contribution in [2.45, 2.75) is 0 Å². The Labute approximate surface area is 290 Å². The molecule has 10 aromatic rings. The van der Waals surface area contributed by atoms with Crippen molar-refractivity contribution in [3.63, 3.8) is 0 Å². The van der Waals surface area contributed by atoms with Crippen molar-refractivity contribution in [3.8, 4) is 44.8 Å². The molecule has 0 N–H and O–H groups in total. The van der Waals surface area contributed by atoms with Gasteiger partial charge in [0.1, 0.15) is 0 Å². The molecule has 0 aliphatic rings. The van der Waals surface area contributed by atoms with Crippen LogP contribution in [0, 0.1) is 0 Å². The second-order valence-electron chi connectivity index (χ2n) is 13.0. The molecule has 0 radical (unpaired) electrons. The summed E-state index contributed by atoms with van der Waals surface area (Å²) in [5.74, 6) is 0. The summed E-state index contributed by atoms with van der Waals surface area (Å²) in [6.45, 7) is 0. The summed E-state index contributed by atoms with van der Waals surface area (Å²) in [4.78, 5) is 0. The molecule has 0 unspecified atom stereocenters. The van der Waals surface area contributed by atoms with Crippen LogP contribution >= 0.6 is 0 Å². The van der Waals surface area contributed by atoms with Crippen LogP contribution in [0.2, 0.25) is 0 Å². The summed E-state index contributed by atoms with van der Waals surface area (Å²) in [6, 6.07) is 70.4. The van der Waals surface area contributed by atoms with Crippen molar-refractivity contribution in [3.05, 3.63) is 194 Å². The maximum atomic E-state index is 2.44. The molecule has 0 bridgehead atoms. The molecule has 0 spiro atoms. The van der Waals surface area contributed by atoms with Crippen LogP contribution in [0.15, 0.2) is 194 Å². The number of fused-ring (bicyclic) bond motifs is 6. The van der Waals surface area contributed by atoms with E-state index in [1.54, 1.807) is 0 Å². The van der Waals surface area contributed by atoms with Gasteiger partial charge in [0.05, 0.1) is 22.1 Å². The number of rotatable bonds is 5. The van der Waals surface area contributed by atoms with Crippen LogP contribution in [0.3, 0.4) is 0 Å². The van der Waals surface area contributed by atoms with Gasteiger partial charge >= 0.3 is 0 Å². The number of benzene rings is 8. The minimum atomic E-state index is 1.15. The molecule has 0 amide bonds. The molecule has 50 heavy (non-hydrogen) atoms. The lowest BCUT2D eigenvalue weighted by molar-refractivity contribution is 1.18. The molecular weight excluding hydrogens is 605 g/mol. The maximum Gasteiger partial charge on any atom is 0.0619 e. The van der Waals surface area contributed by atoms with Gasteiger partial charge in [-0.05, 0) is 88.5 Å². The predicted octanol–water partition coefficient (Wildman–Crippen LogP) is 12.9. The number of para-hydroxylation sites is 3. The molecule has 0 fully saturated rings. The molecule has 0 aliphatic heterocycles. The Hall–Kier alpha value is -6.64. The zero-order chi connectivity index (χ0) is 33.0. The topological polar surface area (TPSA) is 9.86 Å². The first-order chi connectivity index (χ1) is 24.8. The van der Waals surface area contributed by atoms with E-state index in [0.717, 1.165) is 11.4 Å². The number of hydrogen-bond acceptors (Lipinski definition) is 0. The molecular formula is C48H32N2. The van der Waals surface area contributed by atoms with E-state index in [4.69, 9.17) is 0 Å². The first kappa shape index (κ1) is 28.4. The van der Waals surface area contributed by atoms with Gasteiger partial charge in [0.15, 0.2) is 0 Å². The van der Waals surface area contributed by atoms with Gasteiger partial charge in [-0.3, -0.25) is 0 Å². The lowest BCUT2D eigenvalue weighted by Gasteiger charge is -2.12. The zero-order valence-corrected chi connectivity index (χ0v) is 27.4. The number of hydrogen-bond donors (Lipinski definition) is 0. The van der Waals surface area contributed by atoms with Crippen molar-refractivity contribution in [1.82, 2.24) is 9.13 Å². The average molecular weight is 637 g/mol. The van der Waals surface area contributed by atoms with Gasteiger partial charge < -0.3 is 9.13 Å². The van der Waals surface area contributed by atoms with Crippen LogP contribution in [-0.4, -0.2) is 9.13 Å². The molecule has 2 heteroatoms. The van der Waals surface area contributed by atoms with Crippen LogP contribution in [-0.2, 0) is 0 Å². The van der Waals surface area contributed by atoms with E-state index < -0.39 is 0 Å². The fourth-order valence-electron chi connectivity index (χ4n) is 7.81. The molecule has 10 rings (SSSR count). The zero-order valence-electron chi connectivity index (χ0n) is 27.4. The van der Waals surface area contributed by atoms with Crippen molar-refractivity contribution < 1.29 is 0 Å². The first-order valence-electron chi connectivity index (χ1n) is 17.2. The molecule has 8 aromatic carbocycles. The monoisotopic (exact) mass is 636 g/mol. The van der Waals surface area contributed by atoms with E-state index in [1.807, 2.05) is 0 Å². The molecule has 0 saturated heterocycles. The summed E-state index contributed by atoms with van der Waals surface area (Å²) in [5.41, 5.74) is 14.4. The second kappa shape index (κ2) is 11.5. The number of nitrogens with zero attached hydrogens (tertiary/aromatic N) is 2. The van der Waals surface area contributed by atoms with Crippen molar-refractivity contribution >= 4 is 43.6 Å². The highest BCUT2D eigenvalue weighted by molar-refractivity contribution is 6.16. The fourth-order valence-corrected chi connectivity index (χ4v) is 7.81. The smallest absolute Gasteiger partial charge is 0.0619 e. The standard InChI is InChI=1S/C48H32N2/c1-5-14-33(15-6-1)35-25-28-47-42(30-35)41-23-13-22-40(48(41)50(47)39-20-11-4-12-21-39)37-26-29-46-44(32-37)43-31-36(34-16-7-2-8-17-34)24-27-45(43)49(46)38-18-9-3-10-19-38/h1-32H. The van der Waals surface area contributed by atoms with Crippen molar-refractivity contribution in [2.75, 3.05) is 0 Å². The number of aromatic nitrogens is 2. The van der Waals surface area contributed by atoms with Gasteiger partial charge in [-0.15, -0.1) is 0 Å². The predicted molar refractivity (Wildman–Crippen MR) is 211 cm³/mol. The Morgan fingerprint density at radius 3 is 1.22 bits per heavy atom. The highest BCUT2D eigenvalue weighted by atomic mass is 15.0.